The summed E-state index contributed by atoms with van der Waals surface area (Å²) in [5.41, 5.74) is 3.40. The van der Waals surface area contributed by atoms with Crippen LogP contribution >= 0.6 is 0 Å². The molecule has 1 heteroatoms. The number of ether oxygens (including phenoxy) is 1. The third kappa shape index (κ3) is 2.70. The molecule has 0 heterocycles. The number of hydrogen-bond donors (Lipinski definition) is 0. The van der Waals surface area contributed by atoms with Gasteiger partial charge >= 0.3 is 0 Å². The summed E-state index contributed by atoms with van der Waals surface area (Å²) in [4.78, 5) is 0. The van der Waals surface area contributed by atoms with Gasteiger partial charge in [-0.2, -0.15) is 0 Å². The maximum atomic E-state index is 5.32. The van der Waals surface area contributed by atoms with Crippen LogP contribution in [0.4, 0.5) is 0 Å². The highest BCUT2D eigenvalue weighted by Gasteiger charge is 2.35. The van der Waals surface area contributed by atoms with Crippen molar-refractivity contribution in [2.75, 3.05) is 7.11 Å². The highest BCUT2D eigenvalue weighted by atomic mass is 16.5. The lowest BCUT2D eigenvalue weighted by Gasteiger charge is -2.06. The third-order valence-corrected chi connectivity index (χ3v) is 3.70. The van der Waals surface area contributed by atoms with Gasteiger partial charge in [-0.05, 0) is 61.1 Å². The van der Waals surface area contributed by atoms with Crippen molar-refractivity contribution in [3.8, 4) is 17.6 Å². The molecular weight excluding hydrogens is 244 g/mol. The Morgan fingerprint density at radius 3 is 2.50 bits per heavy atom. The molecule has 2 aromatic rings. The van der Waals surface area contributed by atoms with Gasteiger partial charge in [-0.25, -0.2) is 0 Å². The van der Waals surface area contributed by atoms with Crippen LogP contribution in [0.5, 0.6) is 5.75 Å². The lowest BCUT2D eigenvalue weighted by Crippen LogP contribution is -1.91. The Morgan fingerprint density at radius 2 is 1.85 bits per heavy atom. The lowest BCUT2D eigenvalue weighted by atomic mass is 10.0. The Balaban J connectivity index is 1.95. The summed E-state index contributed by atoms with van der Waals surface area (Å²) in [6, 6.07) is 16.2. The summed E-state index contributed by atoms with van der Waals surface area (Å²) in [6.45, 7) is 4.13. The molecule has 1 aliphatic carbocycles. The van der Waals surface area contributed by atoms with Crippen molar-refractivity contribution in [3.63, 3.8) is 0 Å². The molecule has 2 aromatic carbocycles. The molecule has 1 fully saturated rings. The molecule has 1 aliphatic rings. The number of rotatable bonds is 2. The molecule has 2 unspecified atom stereocenters. The molecule has 1 saturated carbocycles. The van der Waals surface area contributed by atoms with Crippen LogP contribution < -0.4 is 4.74 Å². The van der Waals surface area contributed by atoms with Crippen LogP contribution in [-0.4, -0.2) is 7.11 Å². The Kier molecular flexibility index (Phi) is 3.48. The quantitative estimate of drug-likeness (QED) is 0.742. The van der Waals surface area contributed by atoms with Crippen molar-refractivity contribution < 1.29 is 4.74 Å². The van der Waals surface area contributed by atoms with E-state index in [0.717, 1.165) is 23.3 Å². The summed E-state index contributed by atoms with van der Waals surface area (Å²) >= 11 is 0. The van der Waals surface area contributed by atoms with Gasteiger partial charge in [-0.15, -0.1) is 0 Å². The minimum Gasteiger partial charge on any atom is -0.497 e. The predicted molar refractivity (Wildman–Crippen MR) is 81.6 cm³/mol. The summed E-state index contributed by atoms with van der Waals surface area (Å²) in [5.74, 6) is 8.45. The van der Waals surface area contributed by atoms with Crippen LogP contribution in [0.1, 0.15) is 29.0 Å². The van der Waals surface area contributed by atoms with Crippen molar-refractivity contribution >= 4 is 0 Å². The molecule has 0 amide bonds. The van der Waals surface area contributed by atoms with E-state index in [1.807, 2.05) is 36.4 Å². The molecule has 20 heavy (non-hydrogen) atoms. The maximum absolute atomic E-state index is 5.32. The Hall–Kier alpha value is -2.20. The van der Waals surface area contributed by atoms with Crippen molar-refractivity contribution in [2.45, 2.75) is 12.3 Å². The van der Waals surface area contributed by atoms with E-state index >= 15 is 0 Å². The van der Waals surface area contributed by atoms with Gasteiger partial charge in [0.15, 0.2) is 0 Å². The maximum Gasteiger partial charge on any atom is 0.119 e. The van der Waals surface area contributed by atoms with Crippen LogP contribution in [0.25, 0.3) is 0 Å². The fourth-order valence-electron chi connectivity index (χ4n) is 2.38. The van der Waals surface area contributed by atoms with Crippen LogP contribution in [0, 0.1) is 24.7 Å². The zero-order chi connectivity index (χ0) is 13.9. The van der Waals surface area contributed by atoms with E-state index in [9.17, 15) is 0 Å². The largest absolute Gasteiger partial charge is 0.497 e. The first-order valence-electron chi connectivity index (χ1n) is 6.86. The first-order chi connectivity index (χ1) is 9.78. The molecule has 0 bridgehead atoms. The van der Waals surface area contributed by atoms with E-state index in [1.165, 1.54) is 5.56 Å². The fraction of sp³-hybridized carbons (Fsp3) is 0.211. The second-order valence-corrected chi connectivity index (χ2v) is 5.17. The molecule has 0 aromatic heterocycles. The molecular formula is C19H17O. The number of hydrogen-bond acceptors (Lipinski definition) is 1. The van der Waals surface area contributed by atoms with Gasteiger partial charge < -0.3 is 4.74 Å². The van der Waals surface area contributed by atoms with Crippen LogP contribution in [0.3, 0.4) is 0 Å². The van der Waals surface area contributed by atoms with Crippen molar-refractivity contribution in [1.29, 1.82) is 0 Å². The zero-order valence-corrected chi connectivity index (χ0v) is 11.6. The van der Waals surface area contributed by atoms with E-state index in [-0.39, 0.29) is 0 Å². The van der Waals surface area contributed by atoms with Crippen LogP contribution in [0.15, 0.2) is 48.5 Å². The number of methoxy groups -OCH3 is 1. The van der Waals surface area contributed by atoms with Crippen molar-refractivity contribution in [2.24, 2.45) is 5.92 Å². The molecule has 0 saturated heterocycles. The second kappa shape index (κ2) is 5.43. The third-order valence-electron chi connectivity index (χ3n) is 3.70. The van der Waals surface area contributed by atoms with E-state index in [2.05, 4.69) is 30.9 Å². The summed E-state index contributed by atoms with van der Waals surface area (Å²) in [6.07, 6.45) is 1.15. The van der Waals surface area contributed by atoms with Gasteiger partial charge in [0.1, 0.15) is 5.75 Å². The van der Waals surface area contributed by atoms with E-state index in [1.54, 1.807) is 7.11 Å². The Morgan fingerprint density at radius 1 is 1.10 bits per heavy atom. The van der Waals surface area contributed by atoms with Gasteiger partial charge in [-0.3, -0.25) is 0 Å². The molecule has 1 radical (unpaired) electrons. The monoisotopic (exact) mass is 261 g/mol. The molecule has 0 aliphatic heterocycles. The minimum atomic E-state index is 0.513. The lowest BCUT2D eigenvalue weighted by molar-refractivity contribution is 0.414. The van der Waals surface area contributed by atoms with Gasteiger partial charge in [0, 0.05) is 11.1 Å². The zero-order valence-electron chi connectivity index (χ0n) is 11.6. The Bertz CT molecular complexity index is 661. The average molecular weight is 261 g/mol. The first-order valence-corrected chi connectivity index (χ1v) is 6.86. The second-order valence-electron chi connectivity index (χ2n) is 5.17. The number of benzene rings is 2. The topological polar surface area (TPSA) is 9.23 Å². The standard InChI is InChI=1S/C19H17O/c1-14-12-18(14)19-13-17(20-2)11-10-16(19)9-8-15-6-4-3-5-7-15/h3-7,10-11,13-14,18H,1,12H2,2H3. The summed E-state index contributed by atoms with van der Waals surface area (Å²) in [5, 5.41) is 0. The van der Waals surface area contributed by atoms with Gasteiger partial charge in [-0.1, -0.05) is 30.0 Å². The van der Waals surface area contributed by atoms with Crippen LogP contribution in [-0.2, 0) is 0 Å². The van der Waals surface area contributed by atoms with E-state index < -0.39 is 0 Å². The SMILES string of the molecule is [CH2]C1CC1c1cc(OC)ccc1C#Cc1ccccc1. The molecule has 3 rings (SSSR count). The predicted octanol–water partition coefficient (Wildman–Crippen LogP) is 4.03. The highest BCUT2D eigenvalue weighted by Crippen LogP contribution is 2.48. The average Bonchev–Trinajstić information content (AvgIpc) is 3.23. The van der Waals surface area contributed by atoms with E-state index in [4.69, 9.17) is 4.74 Å². The highest BCUT2D eigenvalue weighted by molar-refractivity contribution is 5.51. The molecule has 0 N–H and O–H groups in total. The molecule has 1 nitrogen and oxygen atoms in total. The van der Waals surface area contributed by atoms with Gasteiger partial charge in [0.2, 0.25) is 0 Å². The first kappa shape index (κ1) is 12.8. The molecule has 0 spiro atoms. The van der Waals surface area contributed by atoms with Crippen molar-refractivity contribution in [1.82, 2.24) is 0 Å². The molecule has 99 valence electrons. The van der Waals surface area contributed by atoms with E-state index in [0.29, 0.717) is 11.8 Å². The normalized spacial score (nSPS) is 19.9. The minimum absolute atomic E-state index is 0.513. The fourth-order valence-corrected chi connectivity index (χ4v) is 2.38. The smallest absolute Gasteiger partial charge is 0.119 e. The summed E-state index contributed by atoms with van der Waals surface area (Å²) in [7, 11) is 1.70. The van der Waals surface area contributed by atoms with Crippen molar-refractivity contribution in [3.05, 3.63) is 72.1 Å². The Labute approximate surface area is 120 Å². The van der Waals surface area contributed by atoms with Gasteiger partial charge in [0.05, 0.1) is 7.11 Å². The van der Waals surface area contributed by atoms with Crippen LogP contribution in [0.2, 0.25) is 0 Å². The summed E-state index contributed by atoms with van der Waals surface area (Å²) < 4.78 is 5.32. The molecule has 2 atom stereocenters. The van der Waals surface area contributed by atoms with Gasteiger partial charge in [0.25, 0.3) is 0 Å².